The van der Waals surface area contributed by atoms with Crippen LogP contribution >= 0.6 is 0 Å². The first-order valence-corrected chi connectivity index (χ1v) is 6.48. The van der Waals surface area contributed by atoms with Crippen LogP contribution in [0.25, 0.3) is 6.08 Å². The van der Waals surface area contributed by atoms with Gasteiger partial charge in [0.05, 0.1) is 18.3 Å². The molecule has 1 aliphatic rings. The molecule has 1 atom stereocenters. The Labute approximate surface area is 117 Å². The molecule has 1 saturated heterocycles. The molecular formula is C15H17NO4. The van der Waals surface area contributed by atoms with E-state index < -0.39 is 5.97 Å². The molecule has 1 fully saturated rings. The molecule has 2 rings (SSSR count). The van der Waals surface area contributed by atoms with E-state index in [1.807, 2.05) is 6.92 Å². The zero-order chi connectivity index (χ0) is 14.5. The van der Waals surface area contributed by atoms with E-state index in [4.69, 9.17) is 9.84 Å². The summed E-state index contributed by atoms with van der Waals surface area (Å²) in [6, 6.07) is 6.39. The van der Waals surface area contributed by atoms with Crippen LogP contribution in [0.5, 0.6) is 0 Å². The number of carbonyl (C=O) groups excluding carboxylic acids is 1. The van der Waals surface area contributed by atoms with Gasteiger partial charge >= 0.3 is 5.97 Å². The van der Waals surface area contributed by atoms with Crippen LogP contribution in [0.15, 0.2) is 30.3 Å². The molecule has 0 unspecified atom stereocenters. The second-order valence-corrected chi connectivity index (χ2v) is 4.73. The van der Waals surface area contributed by atoms with Crippen molar-refractivity contribution in [2.75, 3.05) is 19.7 Å². The van der Waals surface area contributed by atoms with Crippen LogP contribution in [0, 0.1) is 0 Å². The third-order valence-electron chi connectivity index (χ3n) is 3.13. The highest BCUT2D eigenvalue weighted by Crippen LogP contribution is 2.08. The molecule has 0 bridgehead atoms. The molecule has 0 radical (unpaired) electrons. The van der Waals surface area contributed by atoms with Gasteiger partial charge in [0.2, 0.25) is 5.91 Å². The molecule has 0 spiro atoms. The van der Waals surface area contributed by atoms with Crippen molar-refractivity contribution in [3.8, 4) is 0 Å². The van der Waals surface area contributed by atoms with E-state index in [1.54, 1.807) is 23.1 Å². The first-order chi connectivity index (χ1) is 9.56. The Balaban J connectivity index is 1.97. The van der Waals surface area contributed by atoms with Crippen LogP contribution in [0.1, 0.15) is 22.8 Å². The van der Waals surface area contributed by atoms with Crippen molar-refractivity contribution in [2.45, 2.75) is 13.0 Å². The smallest absolute Gasteiger partial charge is 0.335 e. The fraction of sp³-hybridized carbons (Fsp3) is 0.333. The lowest BCUT2D eigenvalue weighted by Gasteiger charge is -2.30. The van der Waals surface area contributed by atoms with Crippen molar-refractivity contribution < 1.29 is 19.4 Å². The first-order valence-electron chi connectivity index (χ1n) is 6.48. The molecule has 0 aliphatic carbocycles. The molecule has 1 aliphatic heterocycles. The van der Waals surface area contributed by atoms with E-state index in [2.05, 4.69) is 0 Å². The van der Waals surface area contributed by atoms with Crippen LogP contribution in [0.2, 0.25) is 0 Å². The third-order valence-corrected chi connectivity index (χ3v) is 3.13. The van der Waals surface area contributed by atoms with Gasteiger partial charge in [-0.05, 0) is 30.7 Å². The number of hydrogen-bond acceptors (Lipinski definition) is 3. The summed E-state index contributed by atoms with van der Waals surface area (Å²) in [5, 5.41) is 8.80. The molecule has 5 nitrogen and oxygen atoms in total. The van der Waals surface area contributed by atoms with Gasteiger partial charge < -0.3 is 14.7 Å². The highest BCUT2D eigenvalue weighted by molar-refractivity contribution is 5.92. The number of carboxylic acids is 1. The van der Waals surface area contributed by atoms with E-state index in [9.17, 15) is 9.59 Å². The zero-order valence-electron chi connectivity index (χ0n) is 11.3. The maximum absolute atomic E-state index is 12.0. The number of hydrogen-bond donors (Lipinski definition) is 1. The van der Waals surface area contributed by atoms with E-state index in [1.165, 1.54) is 18.2 Å². The number of rotatable bonds is 3. The van der Waals surface area contributed by atoms with Gasteiger partial charge in [0.1, 0.15) is 0 Å². The fourth-order valence-electron chi connectivity index (χ4n) is 2.03. The largest absolute Gasteiger partial charge is 0.478 e. The molecule has 1 aromatic carbocycles. The Hall–Kier alpha value is -2.14. The van der Waals surface area contributed by atoms with Gasteiger partial charge in [0.25, 0.3) is 0 Å². The van der Waals surface area contributed by atoms with Gasteiger partial charge in [-0.3, -0.25) is 4.79 Å². The number of aromatic carboxylic acids is 1. The Morgan fingerprint density at radius 3 is 2.65 bits per heavy atom. The normalized spacial score (nSPS) is 19.2. The summed E-state index contributed by atoms with van der Waals surface area (Å²) in [4.78, 5) is 24.5. The lowest BCUT2D eigenvalue weighted by atomic mass is 10.1. The monoisotopic (exact) mass is 275 g/mol. The van der Waals surface area contributed by atoms with Crippen LogP contribution < -0.4 is 0 Å². The maximum Gasteiger partial charge on any atom is 0.335 e. The minimum absolute atomic E-state index is 0.0533. The summed E-state index contributed by atoms with van der Waals surface area (Å²) in [6.45, 7) is 3.70. The number of nitrogens with zero attached hydrogens (tertiary/aromatic N) is 1. The fourth-order valence-corrected chi connectivity index (χ4v) is 2.03. The van der Waals surface area contributed by atoms with Crippen LogP contribution in [-0.4, -0.2) is 47.7 Å². The standard InChI is InChI=1S/C15H17NO4/c1-11-10-16(8-9-20-11)14(17)7-4-12-2-5-13(6-3-12)15(18)19/h2-7,11H,8-10H2,1H3,(H,18,19)/b7-4+/t11-/m0/s1. The quantitative estimate of drug-likeness (QED) is 0.852. The van der Waals surface area contributed by atoms with Gasteiger partial charge in [-0.25, -0.2) is 4.79 Å². The molecule has 1 N–H and O–H groups in total. The van der Waals surface area contributed by atoms with Gasteiger partial charge in [0.15, 0.2) is 0 Å². The summed E-state index contributed by atoms with van der Waals surface area (Å²) in [6.07, 6.45) is 3.26. The van der Waals surface area contributed by atoms with Crippen molar-refractivity contribution in [3.63, 3.8) is 0 Å². The first kappa shape index (κ1) is 14.3. The minimum atomic E-state index is -0.959. The summed E-state index contributed by atoms with van der Waals surface area (Å²) in [5.74, 6) is -1.01. The number of benzene rings is 1. The number of carbonyl (C=O) groups is 2. The van der Waals surface area contributed by atoms with Crippen molar-refractivity contribution >= 4 is 18.0 Å². The SMILES string of the molecule is C[C@H]1CN(C(=O)/C=C/c2ccc(C(=O)O)cc2)CCO1. The van der Waals surface area contributed by atoms with E-state index in [-0.39, 0.29) is 17.6 Å². The van der Waals surface area contributed by atoms with Gasteiger partial charge in [0, 0.05) is 19.2 Å². The third kappa shape index (κ3) is 3.68. The molecule has 20 heavy (non-hydrogen) atoms. The number of ether oxygens (including phenoxy) is 1. The second-order valence-electron chi connectivity index (χ2n) is 4.73. The predicted octanol–water partition coefficient (Wildman–Crippen LogP) is 1.65. The van der Waals surface area contributed by atoms with Crippen molar-refractivity contribution in [1.29, 1.82) is 0 Å². The average molecular weight is 275 g/mol. The molecule has 1 aromatic rings. The Morgan fingerprint density at radius 1 is 1.35 bits per heavy atom. The average Bonchev–Trinajstić information content (AvgIpc) is 2.45. The molecule has 0 aromatic heterocycles. The van der Waals surface area contributed by atoms with Crippen molar-refractivity contribution in [3.05, 3.63) is 41.5 Å². The molecule has 0 saturated carbocycles. The minimum Gasteiger partial charge on any atom is -0.478 e. The maximum atomic E-state index is 12.0. The van der Waals surface area contributed by atoms with Crippen LogP contribution in [-0.2, 0) is 9.53 Å². The second kappa shape index (κ2) is 6.34. The molecule has 1 amide bonds. The van der Waals surface area contributed by atoms with Crippen molar-refractivity contribution in [2.24, 2.45) is 0 Å². The van der Waals surface area contributed by atoms with Crippen molar-refractivity contribution in [1.82, 2.24) is 4.90 Å². The molecular weight excluding hydrogens is 258 g/mol. The van der Waals surface area contributed by atoms with E-state index in [0.717, 1.165) is 5.56 Å². The van der Waals surface area contributed by atoms with Crippen LogP contribution in [0.3, 0.4) is 0 Å². The summed E-state index contributed by atoms with van der Waals surface area (Å²) >= 11 is 0. The van der Waals surface area contributed by atoms with E-state index in [0.29, 0.717) is 19.7 Å². The Morgan fingerprint density at radius 2 is 2.05 bits per heavy atom. The zero-order valence-corrected chi connectivity index (χ0v) is 11.3. The van der Waals surface area contributed by atoms with E-state index >= 15 is 0 Å². The Kier molecular flexibility index (Phi) is 4.53. The highest BCUT2D eigenvalue weighted by Gasteiger charge is 2.19. The topological polar surface area (TPSA) is 66.8 Å². The number of carboxylic acid groups (broad SMARTS) is 1. The van der Waals surface area contributed by atoms with Crippen LogP contribution in [0.4, 0.5) is 0 Å². The Bertz CT molecular complexity index is 521. The number of morpholine rings is 1. The van der Waals surface area contributed by atoms with Gasteiger partial charge in [-0.2, -0.15) is 0 Å². The summed E-state index contributed by atoms with van der Waals surface area (Å²) in [5.41, 5.74) is 1.03. The predicted molar refractivity (Wildman–Crippen MR) is 74.4 cm³/mol. The molecule has 1 heterocycles. The summed E-state index contributed by atoms with van der Waals surface area (Å²) < 4.78 is 5.38. The van der Waals surface area contributed by atoms with Gasteiger partial charge in [-0.15, -0.1) is 0 Å². The molecule has 106 valence electrons. The lowest BCUT2D eigenvalue weighted by Crippen LogP contribution is -2.43. The summed E-state index contributed by atoms with van der Waals surface area (Å²) in [7, 11) is 0. The highest BCUT2D eigenvalue weighted by atomic mass is 16.5. The lowest BCUT2D eigenvalue weighted by molar-refractivity contribution is -0.132. The van der Waals surface area contributed by atoms with Gasteiger partial charge in [-0.1, -0.05) is 12.1 Å². The molecule has 5 heteroatoms. The number of amides is 1.